The summed E-state index contributed by atoms with van der Waals surface area (Å²) < 4.78 is 13.3. The first kappa shape index (κ1) is 31.1. The molecule has 0 saturated heterocycles. The van der Waals surface area contributed by atoms with Crippen molar-refractivity contribution in [1.82, 2.24) is 5.32 Å². The molecule has 1 aliphatic heterocycles. The van der Waals surface area contributed by atoms with Crippen LogP contribution in [0.5, 0.6) is 0 Å². The van der Waals surface area contributed by atoms with E-state index >= 15 is 0 Å². The van der Waals surface area contributed by atoms with Crippen LogP contribution in [0.4, 0.5) is 0 Å². The molecule has 264 valence electrons. The fraction of sp³-hybridized carbons (Fsp3) is 0.0588. The Morgan fingerprint density at radius 2 is 1.32 bits per heavy atom. The lowest BCUT2D eigenvalue weighted by Crippen LogP contribution is -2.34. The molecule has 1 unspecified atom stereocenters. The Morgan fingerprint density at radius 3 is 2.21 bits per heavy atom. The molecule has 0 fully saturated rings. The second-order valence-electron chi connectivity index (χ2n) is 14.8. The standard InChI is InChI=1S/C51H33N3O2/c1-2-13-31(14-3-1)49-52-50(54-51(53-49)42-28-32-15-5-6-16-34(32)37-18-8-9-19-38(37)42)41-21-11-23-44-47(41)46-35(20-10-22-43(46)55-44)33-25-26-39-40-27-24-30-12-4-7-17-36(30)48(40)56-45(39)29-33/h1-10,12-22,24-29,49H,11,23H2,(H,52,53,54). The van der Waals surface area contributed by atoms with Crippen LogP contribution in [-0.4, -0.2) is 11.7 Å². The summed E-state index contributed by atoms with van der Waals surface area (Å²) in [5.41, 5.74) is 9.03. The zero-order valence-electron chi connectivity index (χ0n) is 30.3. The molecule has 56 heavy (non-hydrogen) atoms. The summed E-state index contributed by atoms with van der Waals surface area (Å²) in [5, 5.41) is 14.1. The molecule has 2 aliphatic rings. The van der Waals surface area contributed by atoms with E-state index in [0.717, 1.165) is 107 Å². The van der Waals surface area contributed by atoms with Crippen LogP contribution in [-0.2, 0) is 6.42 Å². The number of fused-ring (bicyclic) bond motifs is 11. The van der Waals surface area contributed by atoms with Gasteiger partial charge in [-0.1, -0.05) is 133 Å². The molecule has 10 aromatic rings. The lowest BCUT2D eigenvalue weighted by atomic mass is 9.89. The van der Waals surface area contributed by atoms with Gasteiger partial charge in [0.1, 0.15) is 34.5 Å². The third-order valence-electron chi connectivity index (χ3n) is 11.6. The van der Waals surface area contributed by atoms with E-state index in [9.17, 15) is 0 Å². The molecule has 0 saturated carbocycles. The molecule has 5 nitrogen and oxygen atoms in total. The highest BCUT2D eigenvalue weighted by Gasteiger charge is 2.30. The molecule has 3 heterocycles. The maximum Gasteiger partial charge on any atom is 0.160 e. The van der Waals surface area contributed by atoms with Crippen molar-refractivity contribution in [1.29, 1.82) is 0 Å². The lowest BCUT2D eigenvalue weighted by molar-refractivity contribution is 0.545. The summed E-state index contributed by atoms with van der Waals surface area (Å²) in [6, 6.07) is 55.5. The number of aliphatic imine (C=N–C) groups is 2. The van der Waals surface area contributed by atoms with E-state index in [-0.39, 0.29) is 6.17 Å². The van der Waals surface area contributed by atoms with Crippen LogP contribution in [0, 0.1) is 0 Å². The van der Waals surface area contributed by atoms with E-state index in [0.29, 0.717) is 5.84 Å². The molecule has 5 heteroatoms. The fourth-order valence-corrected chi connectivity index (χ4v) is 8.99. The van der Waals surface area contributed by atoms with Gasteiger partial charge < -0.3 is 14.2 Å². The Hall–Kier alpha value is -7.24. The normalized spacial score (nSPS) is 15.6. The summed E-state index contributed by atoms with van der Waals surface area (Å²) in [5.74, 6) is 2.47. The Labute approximate surface area is 321 Å². The van der Waals surface area contributed by atoms with E-state index in [1.807, 2.05) is 6.07 Å². The fourth-order valence-electron chi connectivity index (χ4n) is 8.99. The van der Waals surface area contributed by atoms with Gasteiger partial charge in [0.05, 0.1) is 0 Å². The molecule has 0 spiro atoms. The van der Waals surface area contributed by atoms with Gasteiger partial charge in [0, 0.05) is 44.7 Å². The summed E-state index contributed by atoms with van der Waals surface area (Å²) in [6.07, 6.45) is 3.64. The summed E-state index contributed by atoms with van der Waals surface area (Å²) in [6.45, 7) is 0. The van der Waals surface area contributed by atoms with E-state index in [1.54, 1.807) is 0 Å². The second-order valence-corrected chi connectivity index (χ2v) is 14.8. The van der Waals surface area contributed by atoms with Gasteiger partial charge in [-0.3, -0.25) is 0 Å². The van der Waals surface area contributed by atoms with Crippen molar-refractivity contribution < 1.29 is 8.83 Å². The molecular formula is C51H33N3O2. The number of rotatable bonds is 4. The average molecular weight is 720 g/mol. The molecule has 2 aromatic heterocycles. The van der Waals surface area contributed by atoms with Gasteiger partial charge in [-0.15, -0.1) is 0 Å². The van der Waals surface area contributed by atoms with E-state index in [2.05, 4.69) is 163 Å². The molecule has 0 bridgehead atoms. The van der Waals surface area contributed by atoms with Crippen LogP contribution in [0.1, 0.15) is 35.0 Å². The van der Waals surface area contributed by atoms with Crippen molar-refractivity contribution in [2.24, 2.45) is 9.98 Å². The minimum Gasteiger partial charge on any atom is -0.460 e. The van der Waals surface area contributed by atoms with Gasteiger partial charge in [0.25, 0.3) is 0 Å². The topological polar surface area (TPSA) is 63.0 Å². The number of aryl methyl sites for hydroxylation is 1. The number of hydrogen-bond donors (Lipinski definition) is 1. The highest BCUT2D eigenvalue weighted by atomic mass is 16.3. The smallest absolute Gasteiger partial charge is 0.160 e. The van der Waals surface area contributed by atoms with E-state index in [1.165, 1.54) is 16.2 Å². The number of furan rings is 2. The molecule has 1 atom stereocenters. The minimum absolute atomic E-state index is 0.334. The van der Waals surface area contributed by atoms with Crippen LogP contribution in [0.2, 0.25) is 0 Å². The van der Waals surface area contributed by atoms with Crippen molar-refractivity contribution >= 4 is 82.5 Å². The molecule has 1 aliphatic carbocycles. The molecular weight excluding hydrogens is 687 g/mol. The monoisotopic (exact) mass is 719 g/mol. The summed E-state index contributed by atoms with van der Waals surface area (Å²) in [7, 11) is 0. The summed E-state index contributed by atoms with van der Waals surface area (Å²) >= 11 is 0. The number of amidine groups is 2. The molecule has 12 rings (SSSR count). The molecule has 0 amide bonds. The predicted molar refractivity (Wildman–Crippen MR) is 230 cm³/mol. The number of nitrogens with one attached hydrogen (secondary N) is 1. The van der Waals surface area contributed by atoms with Crippen LogP contribution in [0.15, 0.2) is 183 Å². The van der Waals surface area contributed by atoms with Crippen molar-refractivity contribution in [2.75, 3.05) is 0 Å². The SMILES string of the molecule is C1=C(C2=NC(c3cc4ccccc4c4ccccc34)=NC(c3ccccc3)N2)c2c(oc3cccc(-c4ccc5c(c4)oc4c6ccccc6ccc54)c23)CC1. The van der Waals surface area contributed by atoms with Gasteiger partial charge in [0.2, 0.25) is 0 Å². The highest BCUT2D eigenvalue weighted by Crippen LogP contribution is 2.44. The minimum atomic E-state index is -0.334. The van der Waals surface area contributed by atoms with Crippen molar-refractivity contribution in [3.8, 4) is 11.1 Å². The predicted octanol–water partition coefficient (Wildman–Crippen LogP) is 12.9. The van der Waals surface area contributed by atoms with Crippen molar-refractivity contribution in [3.63, 3.8) is 0 Å². The van der Waals surface area contributed by atoms with Crippen molar-refractivity contribution in [3.05, 3.63) is 186 Å². The van der Waals surface area contributed by atoms with Gasteiger partial charge in [-0.25, -0.2) is 9.98 Å². The first-order valence-electron chi connectivity index (χ1n) is 19.2. The maximum atomic E-state index is 6.71. The number of allylic oxidation sites excluding steroid dienone is 1. The van der Waals surface area contributed by atoms with Gasteiger partial charge in [-0.05, 0) is 80.4 Å². The zero-order chi connectivity index (χ0) is 36.7. The first-order valence-corrected chi connectivity index (χ1v) is 19.2. The van der Waals surface area contributed by atoms with Crippen molar-refractivity contribution in [2.45, 2.75) is 19.0 Å². The number of benzene rings is 8. The maximum absolute atomic E-state index is 6.71. The molecule has 0 radical (unpaired) electrons. The van der Waals surface area contributed by atoms with E-state index < -0.39 is 0 Å². The van der Waals surface area contributed by atoms with Gasteiger partial charge >= 0.3 is 0 Å². The summed E-state index contributed by atoms with van der Waals surface area (Å²) in [4.78, 5) is 10.7. The lowest BCUT2D eigenvalue weighted by Gasteiger charge is -2.26. The number of hydrogen-bond acceptors (Lipinski definition) is 5. The van der Waals surface area contributed by atoms with Gasteiger partial charge in [-0.2, -0.15) is 0 Å². The Bertz CT molecular complexity index is 3350. The zero-order valence-corrected chi connectivity index (χ0v) is 30.3. The number of nitrogens with zero attached hydrogens (tertiary/aromatic N) is 2. The van der Waals surface area contributed by atoms with Crippen LogP contribution < -0.4 is 5.32 Å². The van der Waals surface area contributed by atoms with Crippen LogP contribution >= 0.6 is 0 Å². The third kappa shape index (κ3) is 4.74. The Balaban J connectivity index is 1.04. The average Bonchev–Trinajstić information content (AvgIpc) is 3.85. The van der Waals surface area contributed by atoms with Gasteiger partial charge in [0.15, 0.2) is 5.84 Å². The Morgan fingerprint density at radius 1 is 0.554 bits per heavy atom. The third-order valence-corrected chi connectivity index (χ3v) is 11.6. The largest absolute Gasteiger partial charge is 0.460 e. The highest BCUT2D eigenvalue weighted by molar-refractivity contribution is 6.32. The second kappa shape index (κ2) is 12.1. The quantitative estimate of drug-likeness (QED) is 0.184. The van der Waals surface area contributed by atoms with Crippen LogP contribution in [0.3, 0.4) is 0 Å². The molecule has 1 N–H and O–H groups in total. The van der Waals surface area contributed by atoms with E-state index in [4.69, 9.17) is 18.8 Å². The molecule has 8 aromatic carbocycles. The first-order chi connectivity index (χ1) is 27.7. The Kier molecular flexibility index (Phi) is 6.75. The van der Waals surface area contributed by atoms with Crippen LogP contribution in [0.25, 0.3) is 81.9 Å².